The highest BCUT2D eigenvalue weighted by Gasteiger charge is 2.38. The third kappa shape index (κ3) is 1.93. The van der Waals surface area contributed by atoms with Gasteiger partial charge in [0.15, 0.2) is 0 Å². The number of aromatic nitrogens is 1. The highest BCUT2D eigenvalue weighted by molar-refractivity contribution is 7.12. The first-order chi connectivity index (χ1) is 8.23. The van der Waals surface area contributed by atoms with Crippen molar-refractivity contribution >= 4 is 11.3 Å². The predicted octanol–water partition coefficient (Wildman–Crippen LogP) is 3.26. The molecule has 0 bridgehead atoms. The molecule has 0 radical (unpaired) electrons. The molecular formula is C14H22N2S. The molecule has 1 aromatic rings. The average molecular weight is 250 g/mol. The fraction of sp³-hybridized carbons (Fsp3) is 0.786. The van der Waals surface area contributed by atoms with Gasteiger partial charge in [-0.3, -0.25) is 0 Å². The Balaban J connectivity index is 1.89. The van der Waals surface area contributed by atoms with Crippen molar-refractivity contribution in [3.8, 4) is 0 Å². The summed E-state index contributed by atoms with van der Waals surface area (Å²) < 4.78 is 0. The van der Waals surface area contributed by atoms with E-state index in [0.29, 0.717) is 0 Å². The summed E-state index contributed by atoms with van der Waals surface area (Å²) in [6.07, 6.45) is 8.99. The second-order valence-electron chi connectivity index (χ2n) is 5.76. The lowest BCUT2D eigenvalue weighted by molar-refractivity contribution is 0.208. The van der Waals surface area contributed by atoms with Gasteiger partial charge in [0.25, 0.3) is 0 Å². The molecule has 1 heterocycles. The Labute approximate surface area is 108 Å². The quantitative estimate of drug-likeness (QED) is 0.871. The predicted molar refractivity (Wildman–Crippen MR) is 72.5 cm³/mol. The van der Waals surface area contributed by atoms with Gasteiger partial charge < -0.3 is 5.32 Å². The van der Waals surface area contributed by atoms with Crippen molar-refractivity contribution in [2.45, 2.75) is 57.4 Å². The van der Waals surface area contributed by atoms with Gasteiger partial charge in [-0.1, -0.05) is 6.92 Å². The van der Waals surface area contributed by atoms with Gasteiger partial charge in [-0.25, -0.2) is 4.98 Å². The summed E-state index contributed by atoms with van der Waals surface area (Å²) in [6.45, 7) is 2.38. The molecule has 94 valence electrons. The molecule has 0 aromatic carbocycles. The standard InChI is InChI=1S/C14H22N2S/c1-10-6-8-14(15-2,9-7-10)13-16-11-4-3-5-12(11)17-13/h10,15H,3-9H2,1-2H3. The SMILES string of the molecule is CNC1(c2nc3c(s2)CCC3)CCC(C)CC1. The van der Waals surface area contributed by atoms with Crippen LogP contribution in [0.25, 0.3) is 0 Å². The number of thiazole rings is 1. The second kappa shape index (κ2) is 4.36. The van der Waals surface area contributed by atoms with Crippen molar-refractivity contribution in [2.75, 3.05) is 7.05 Å². The Morgan fingerprint density at radius 1 is 1.29 bits per heavy atom. The minimum atomic E-state index is 0.196. The van der Waals surface area contributed by atoms with Crippen molar-refractivity contribution in [2.24, 2.45) is 5.92 Å². The van der Waals surface area contributed by atoms with Crippen LogP contribution in [0.2, 0.25) is 0 Å². The van der Waals surface area contributed by atoms with E-state index in [9.17, 15) is 0 Å². The van der Waals surface area contributed by atoms with Gasteiger partial charge in [-0.15, -0.1) is 11.3 Å². The molecule has 1 saturated carbocycles. The highest BCUT2D eigenvalue weighted by Crippen LogP contribution is 2.42. The van der Waals surface area contributed by atoms with E-state index in [-0.39, 0.29) is 5.54 Å². The number of rotatable bonds is 2. The van der Waals surface area contributed by atoms with Gasteiger partial charge in [0.2, 0.25) is 0 Å². The minimum absolute atomic E-state index is 0.196. The van der Waals surface area contributed by atoms with E-state index in [1.807, 2.05) is 11.3 Å². The van der Waals surface area contributed by atoms with E-state index in [0.717, 1.165) is 5.92 Å². The molecule has 1 fully saturated rings. The van der Waals surface area contributed by atoms with Crippen LogP contribution < -0.4 is 5.32 Å². The van der Waals surface area contributed by atoms with E-state index >= 15 is 0 Å². The molecule has 0 amide bonds. The lowest BCUT2D eigenvalue weighted by Gasteiger charge is -2.37. The van der Waals surface area contributed by atoms with E-state index in [2.05, 4.69) is 19.3 Å². The van der Waals surface area contributed by atoms with Crippen LogP contribution in [-0.2, 0) is 18.4 Å². The van der Waals surface area contributed by atoms with E-state index in [1.54, 1.807) is 4.88 Å². The lowest BCUT2D eigenvalue weighted by Crippen LogP contribution is -2.42. The number of nitrogens with zero attached hydrogens (tertiary/aromatic N) is 1. The van der Waals surface area contributed by atoms with Gasteiger partial charge in [0, 0.05) is 4.88 Å². The molecular weight excluding hydrogens is 228 g/mol. The summed E-state index contributed by atoms with van der Waals surface area (Å²) in [7, 11) is 2.11. The summed E-state index contributed by atoms with van der Waals surface area (Å²) in [5.74, 6) is 0.892. The normalized spacial score (nSPS) is 32.7. The largest absolute Gasteiger partial charge is 0.308 e. The van der Waals surface area contributed by atoms with Crippen LogP contribution in [-0.4, -0.2) is 12.0 Å². The Morgan fingerprint density at radius 3 is 2.71 bits per heavy atom. The van der Waals surface area contributed by atoms with E-state index < -0.39 is 0 Å². The van der Waals surface area contributed by atoms with E-state index in [1.165, 1.54) is 55.6 Å². The molecule has 2 aliphatic carbocycles. The number of aryl methyl sites for hydroxylation is 2. The van der Waals surface area contributed by atoms with Crippen LogP contribution in [0.3, 0.4) is 0 Å². The third-order valence-electron chi connectivity index (χ3n) is 4.61. The summed E-state index contributed by atoms with van der Waals surface area (Å²) in [4.78, 5) is 6.50. The molecule has 0 aliphatic heterocycles. The van der Waals surface area contributed by atoms with Crippen LogP contribution in [0.1, 0.15) is 54.6 Å². The molecule has 3 heteroatoms. The fourth-order valence-corrected chi connectivity index (χ4v) is 4.62. The first-order valence-corrected chi connectivity index (χ1v) is 7.73. The number of nitrogens with one attached hydrogen (secondary N) is 1. The molecule has 2 nitrogen and oxygen atoms in total. The summed E-state index contributed by atoms with van der Waals surface area (Å²) in [6, 6.07) is 0. The average Bonchev–Trinajstić information content (AvgIpc) is 2.91. The Morgan fingerprint density at radius 2 is 2.06 bits per heavy atom. The molecule has 0 saturated heterocycles. The van der Waals surface area contributed by atoms with Gasteiger partial charge in [-0.05, 0) is 57.9 Å². The van der Waals surface area contributed by atoms with Crippen molar-refractivity contribution in [3.05, 3.63) is 15.6 Å². The zero-order chi connectivity index (χ0) is 11.9. The molecule has 0 atom stereocenters. The Kier molecular flexibility index (Phi) is 2.99. The van der Waals surface area contributed by atoms with Crippen LogP contribution >= 0.6 is 11.3 Å². The summed E-state index contributed by atoms with van der Waals surface area (Å²) in [5.41, 5.74) is 1.60. The monoisotopic (exact) mass is 250 g/mol. The van der Waals surface area contributed by atoms with Crippen molar-refractivity contribution in [1.82, 2.24) is 10.3 Å². The lowest BCUT2D eigenvalue weighted by atomic mass is 9.77. The maximum atomic E-state index is 4.94. The second-order valence-corrected chi connectivity index (χ2v) is 6.84. The van der Waals surface area contributed by atoms with Gasteiger partial charge in [0.1, 0.15) is 5.01 Å². The number of hydrogen-bond donors (Lipinski definition) is 1. The highest BCUT2D eigenvalue weighted by atomic mass is 32.1. The smallest absolute Gasteiger partial charge is 0.113 e. The minimum Gasteiger partial charge on any atom is -0.308 e. The maximum Gasteiger partial charge on any atom is 0.113 e. The van der Waals surface area contributed by atoms with Crippen LogP contribution in [0.5, 0.6) is 0 Å². The van der Waals surface area contributed by atoms with Crippen LogP contribution in [0, 0.1) is 5.92 Å². The molecule has 1 N–H and O–H groups in total. The molecule has 2 aliphatic rings. The molecule has 3 rings (SSSR count). The van der Waals surface area contributed by atoms with Crippen molar-refractivity contribution in [1.29, 1.82) is 0 Å². The van der Waals surface area contributed by atoms with E-state index in [4.69, 9.17) is 4.98 Å². The maximum absolute atomic E-state index is 4.94. The fourth-order valence-electron chi connectivity index (χ4n) is 3.22. The van der Waals surface area contributed by atoms with Gasteiger partial charge in [-0.2, -0.15) is 0 Å². The Bertz CT molecular complexity index is 381. The van der Waals surface area contributed by atoms with Crippen molar-refractivity contribution in [3.63, 3.8) is 0 Å². The molecule has 1 aromatic heterocycles. The molecule has 0 unspecified atom stereocenters. The Hall–Kier alpha value is -0.410. The third-order valence-corrected chi connectivity index (χ3v) is 5.97. The molecule has 0 spiro atoms. The van der Waals surface area contributed by atoms with Crippen LogP contribution in [0.4, 0.5) is 0 Å². The zero-order valence-electron chi connectivity index (χ0n) is 10.9. The first kappa shape index (κ1) is 11.7. The summed E-state index contributed by atoms with van der Waals surface area (Å²) in [5, 5.41) is 4.96. The van der Waals surface area contributed by atoms with Crippen LogP contribution in [0.15, 0.2) is 0 Å². The number of hydrogen-bond acceptors (Lipinski definition) is 3. The topological polar surface area (TPSA) is 24.9 Å². The van der Waals surface area contributed by atoms with Crippen molar-refractivity contribution < 1.29 is 0 Å². The molecule has 17 heavy (non-hydrogen) atoms. The number of fused-ring (bicyclic) bond motifs is 1. The zero-order valence-corrected chi connectivity index (χ0v) is 11.7. The van der Waals surface area contributed by atoms with Gasteiger partial charge in [0.05, 0.1) is 11.2 Å². The van der Waals surface area contributed by atoms with Gasteiger partial charge >= 0.3 is 0 Å². The first-order valence-electron chi connectivity index (χ1n) is 6.91. The summed E-state index contributed by atoms with van der Waals surface area (Å²) >= 11 is 1.98.